The standard InChI is InChI=1S/C19H30O3/c1-6-17(22-15-16-12-10-9-11-13-16)19(4,5)14-18(20-7-2)21-8-3/h6,9-13,17-18H,1,7-8,14-15H2,2-5H3. The molecule has 0 radical (unpaired) electrons. The Morgan fingerprint density at radius 2 is 1.64 bits per heavy atom. The van der Waals surface area contributed by atoms with Crippen LogP contribution in [0.3, 0.4) is 0 Å². The first-order chi connectivity index (χ1) is 10.5. The second-order valence-corrected chi connectivity index (χ2v) is 5.99. The Morgan fingerprint density at radius 1 is 1.05 bits per heavy atom. The quantitative estimate of drug-likeness (QED) is 0.442. The molecule has 0 N–H and O–H groups in total. The van der Waals surface area contributed by atoms with E-state index in [-0.39, 0.29) is 17.8 Å². The first kappa shape index (κ1) is 18.9. The van der Waals surface area contributed by atoms with E-state index in [1.54, 1.807) is 0 Å². The molecule has 1 atom stereocenters. The molecule has 1 unspecified atom stereocenters. The van der Waals surface area contributed by atoms with Crippen molar-refractivity contribution in [2.45, 2.75) is 53.1 Å². The van der Waals surface area contributed by atoms with Crippen LogP contribution in [0.15, 0.2) is 43.0 Å². The van der Waals surface area contributed by atoms with E-state index >= 15 is 0 Å². The summed E-state index contributed by atoms with van der Waals surface area (Å²) in [7, 11) is 0. The summed E-state index contributed by atoms with van der Waals surface area (Å²) in [6.45, 7) is 14.1. The van der Waals surface area contributed by atoms with Crippen LogP contribution in [0.25, 0.3) is 0 Å². The Hall–Kier alpha value is -1.16. The van der Waals surface area contributed by atoms with Crippen molar-refractivity contribution in [1.29, 1.82) is 0 Å². The van der Waals surface area contributed by atoms with Gasteiger partial charge >= 0.3 is 0 Å². The van der Waals surface area contributed by atoms with Gasteiger partial charge in [-0.1, -0.05) is 50.3 Å². The van der Waals surface area contributed by atoms with Crippen molar-refractivity contribution in [3.63, 3.8) is 0 Å². The molecule has 0 aliphatic heterocycles. The summed E-state index contributed by atoms with van der Waals surface area (Å²) in [5.74, 6) is 0. The van der Waals surface area contributed by atoms with Crippen LogP contribution >= 0.6 is 0 Å². The molecule has 0 aliphatic carbocycles. The van der Waals surface area contributed by atoms with E-state index in [4.69, 9.17) is 14.2 Å². The van der Waals surface area contributed by atoms with Crippen LogP contribution in [0.1, 0.15) is 39.7 Å². The minimum atomic E-state index is -0.201. The van der Waals surface area contributed by atoms with E-state index in [9.17, 15) is 0 Å². The maximum Gasteiger partial charge on any atom is 0.158 e. The molecule has 1 aromatic rings. The monoisotopic (exact) mass is 306 g/mol. The largest absolute Gasteiger partial charge is 0.369 e. The lowest BCUT2D eigenvalue weighted by Gasteiger charge is -2.35. The lowest BCUT2D eigenvalue weighted by atomic mass is 9.82. The van der Waals surface area contributed by atoms with E-state index in [0.29, 0.717) is 19.8 Å². The van der Waals surface area contributed by atoms with Gasteiger partial charge < -0.3 is 14.2 Å². The third-order valence-corrected chi connectivity index (χ3v) is 3.65. The molecule has 0 bridgehead atoms. The van der Waals surface area contributed by atoms with E-state index in [2.05, 4.69) is 32.6 Å². The zero-order valence-corrected chi connectivity index (χ0v) is 14.4. The van der Waals surface area contributed by atoms with E-state index in [1.807, 2.05) is 38.1 Å². The fraction of sp³-hybridized carbons (Fsp3) is 0.579. The molecule has 3 heteroatoms. The van der Waals surface area contributed by atoms with Gasteiger partial charge in [-0.3, -0.25) is 0 Å². The van der Waals surface area contributed by atoms with Gasteiger partial charge in [-0.25, -0.2) is 0 Å². The van der Waals surface area contributed by atoms with Crippen LogP contribution in [-0.4, -0.2) is 25.6 Å². The molecule has 0 aliphatic rings. The molecule has 0 amide bonds. The highest BCUT2D eigenvalue weighted by atomic mass is 16.7. The van der Waals surface area contributed by atoms with E-state index < -0.39 is 0 Å². The fourth-order valence-corrected chi connectivity index (χ4v) is 2.46. The molecule has 0 spiro atoms. The lowest BCUT2D eigenvalue weighted by Crippen LogP contribution is -2.35. The van der Waals surface area contributed by atoms with Gasteiger partial charge in [0.05, 0.1) is 12.7 Å². The number of benzene rings is 1. The van der Waals surface area contributed by atoms with Crippen LogP contribution in [0, 0.1) is 5.41 Å². The second kappa shape index (κ2) is 9.78. The van der Waals surface area contributed by atoms with Crippen molar-refractivity contribution in [2.75, 3.05) is 13.2 Å². The zero-order valence-electron chi connectivity index (χ0n) is 14.4. The molecule has 0 fully saturated rings. The van der Waals surface area contributed by atoms with Gasteiger partial charge in [-0.2, -0.15) is 0 Å². The third kappa shape index (κ3) is 6.30. The number of hydrogen-bond donors (Lipinski definition) is 0. The molecule has 3 nitrogen and oxygen atoms in total. The molecule has 1 aromatic carbocycles. The number of rotatable bonds is 11. The first-order valence-corrected chi connectivity index (χ1v) is 8.04. The molecule has 0 saturated carbocycles. The van der Waals surface area contributed by atoms with Crippen LogP contribution in [0.2, 0.25) is 0 Å². The summed E-state index contributed by atoms with van der Waals surface area (Å²) in [4.78, 5) is 0. The predicted molar refractivity (Wildman–Crippen MR) is 90.7 cm³/mol. The zero-order chi connectivity index (χ0) is 16.4. The highest BCUT2D eigenvalue weighted by Gasteiger charge is 2.32. The number of ether oxygens (including phenoxy) is 3. The van der Waals surface area contributed by atoms with Gasteiger partial charge in [-0.05, 0) is 24.8 Å². The average Bonchev–Trinajstić information content (AvgIpc) is 2.49. The molecule has 0 saturated heterocycles. The smallest absolute Gasteiger partial charge is 0.158 e. The SMILES string of the molecule is C=CC(OCc1ccccc1)C(C)(C)CC(OCC)OCC. The molecule has 22 heavy (non-hydrogen) atoms. The summed E-state index contributed by atoms with van der Waals surface area (Å²) in [5, 5.41) is 0. The van der Waals surface area contributed by atoms with Gasteiger partial charge in [0.15, 0.2) is 6.29 Å². The summed E-state index contributed by atoms with van der Waals surface area (Å²) in [6.07, 6.45) is 2.38. The van der Waals surface area contributed by atoms with Gasteiger partial charge in [0.25, 0.3) is 0 Å². The van der Waals surface area contributed by atoms with Crippen molar-refractivity contribution in [1.82, 2.24) is 0 Å². The summed E-state index contributed by atoms with van der Waals surface area (Å²) in [5.41, 5.74) is 1.04. The van der Waals surface area contributed by atoms with Gasteiger partial charge in [0, 0.05) is 19.6 Å². The third-order valence-electron chi connectivity index (χ3n) is 3.65. The normalized spacial score (nSPS) is 13.3. The van der Waals surface area contributed by atoms with Gasteiger partial charge in [0.2, 0.25) is 0 Å². The fourth-order valence-electron chi connectivity index (χ4n) is 2.46. The average molecular weight is 306 g/mol. The lowest BCUT2D eigenvalue weighted by molar-refractivity contribution is -0.163. The Bertz CT molecular complexity index is 408. The van der Waals surface area contributed by atoms with E-state index in [1.165, 1.54) is 0 Å². The molecule has 124 valence electrons. The Morgan fingerprint density at radius 3 is 2.14 bits per heavy atom. The number of hydrogen-bond acceptors (Lipinski definition) is 3. The highest BCUT2D eigenvalue weighted by molar-refractivity contribution is 5.13. The maximum absolute atomic E-state index is 6.07. The summed E-state index contributed by atoms with van der Waals surface area (Å²) in [6, 6.07) is 10.2. The maximum atomic E-state index is 6.07. The van der Waals surface area contributed by atoms with Crippen molar-refractivity contribution < 1.29 is 14.2 Å². The van der Waals surface area contributed by atoms with Crippen LogP contribution in [-0.2, 0) is 20.8 Å². The Balaban J connectivity index is 2.63. The second-order valence-electron chi connectivity index (χ2n) is 5.99. The van der Waals surface area contributed by atoms with Crippen LogP contribution in [0.4, 0.5) is 0 Å². The molecule has 0 aromatic heterocycles. The molecular formula is C19H30O3. The summed E-state index contributed by atoms with van der Waals surface area (Å²) >= 11 is 0. The van der Waals surface area contributed by atoms with Crippen molar-refractivity contribution >= 4 is 0 Å². The van der Waals surface area contributed by atoms with E-state index in [0.717, 1.165) is 12.0 Å². The van der Waals surface area contributed by atoms with Crippen molar-refractivity contribution in [2.24, 2.45) is 5.41 Å². The first-order valence-electron chi connectivity index (χ1n) is 8.04. The minimum Gasteiger partial charge on any atom is -0.369 e. The Kier molecular flexibility index (Phi) is 8.39. The highest BCUT2D eigenvalue weighted by Crippen LogP contribution is 2.32. The molecule has 0 heterocycles. The minimum absolute atomic E-state index is 0.0591. The van der Waals surface area contributed by atoms with Gasteiger partial charge in [-0.15, -0.1) is 6.58 Å². The molecular weight excluding hydrogens is 276 g/mol. The summed E-state index contributed by atoms with van der Waals surface area (Å²) < 4.78 is 17.4. The molecule has 1 rings (SSSR count). The predicted octanol–water partition coefficient (Wildman–Crippen LogP) is 4.57. The van der Waals surface area contributed by atoms with Crippen molar-refractivity contribution in [3.8, 4) is 0 Å². The van der Waals surface area contributed by atoms with Gasteiger partial charge in [0.1, 0.15) is 0 Å². The Labute approximate surface area is 135 Å². The van der Waals surface area contributed by atoms with Crippen LogP contribution < -0.4 is 0 Å². The van der Waals surface area contributed by atoms with Crippen molar-refractivity contribution in [3.05, 3.63) is 48.6 Å². The topological polar surface area (TPSA) is 27.7 Å². The van der Waals surface area contributed by atoms with Crippen LogP contribution in [0.5, 0.6) is 0 Å².